The average molecular weight is 546 g/mol. The fraction of sp³-hybridized carbons (Fsp3) is 0.667. The zero-order valence-corrected chi connectivity index (χ0v) is 23.6. The van der Waals surface area contributed by atoms with E-state index in [2.05, 4.69) is 28.6 Å². The van der Waals surface area contributed by atoms with Crippen molar-refractivity contribution in [2.45, 2.75) is 70.8 Å². The van der Waals surface area contributed by atoms with Gasteiger partial charge in [-0.1, -0.05) is 31.2 Å². The first kappa shape index (κ1) is 26.7. The van der Waals surface area contributed by atoms with Gasteiger partial charge >= 0.3 is 0 Å². The number of amidine groups is 2. The van der Waals surface area contributed by atoms with Crippen LogP contribution in [0.4, 0.5) is 5.69 Å². The minimum Gasteiger partial charge on any atom is -0.335 e. The second kappa shape index (κ2) is 11.1. The molecule has 10 heteroatoms. The number of thioether (sulfide) groups is 1. The Balaban J connectivity index is 1.16. The summed E-state index contributed by atoms with van der Waals surface area (Å²) in [6.45, 7) is 5.80. The van der Waals surface area contributed by atoms with Gasteiger partial charge in [0.2, 0.25) is 10.0 Å². The molecule has 0 atom stereocenters. The summed E-state index contributed by atoms with van der Waals surface area (Å²) >= 11 is 1.71. The minimum absolute atomic E-state index is 0.0385. The van der Waals surface area contributed by atoms with E-state index < -0.39 is 15.6 Å². The number of piperidine rings is 1. The van der Waals surface area contributed by atoms with Crippen molar-refractivity contribution >= 4 is 44.4 Å². The fourth-order valence-corrected chi connectivity index (χ4v) is 8.23. The molecule has 202 valence electrons. The van der Waals surface area contributed by atoms with Crippen molar-refractivity contribution in [1.29, 1.82) is 0 Å². The van der Waals surface area contributed by atoms with Gasteiger partial charge in [-0.15, -0.1) is 0 Å². The van der Waals surface area contributed by atoms with Crippen LogP contribution in [0.5, 0.6) is 0 Å². The zero-order chi connectivity index (χ0) is 26.0. The third-order valence-corrected chi connectivity index (χ3v) is 11.3. The lowest BCUT2D eigenvalue weighted by Gasteiger charge is -2.34. The number of anilines is 1. The van der Waals surface area contributed by atoms with Crippen LogP contribution < -0.4 is 10.6 Å². The summed E-state index contributed by atoms with van der Waals surface area (Å²) < 4.78 is 27.9. The highest BCUT2D eigenvalue weighted by Crippen LogP contribution is 2.36. The molecule has 1 spiro atoms. The first-order valence-corrected chi connectivity index (χ1v) is 16.3. The molecule has 1 aliphatic carbocycles. The van der Waals surface area contributed by atoms with Gasteiger partial charge in [-0.2, -0.15) is 0 Å². The fourth-order valence-electron chi connectivity index (χ4n) is 6.01. The quantitative estimate of drug-likeness (QED) is 0.540. The molecule has 3 heterocycles. The summed E-state index contributed by atoms with van der Waals surface area (Å²) in [6, 6.07) is 6.05. The number of nitrogens with zero attached hydrogens (tertiary/aromatic N) is 3. The van der Waals surface area contributed by atoms with Crippen LogP contribution in [0.25, 0.3) is 0 Å². The van der Waals surface area contributed by atoms with E-state index in [1.54, 1.807) is 16.1 Å². The summed E-state index contributed by atoms with van der Waals surface area (Å²) in [4.78, 5) is 22.3. The van der Waals surface area contributed by atoms with Crippen LogP contribution in [-0.2, 0) is 21.2 Å². The van der Waals surface area contributed by atoms with Gasteiger partial charge in [-0.05, 0) is 81.0 Å². The Morgan fingerprint density at radius 3 is 2.59 bits per heavy atom. The number of rotatable bonds is 7. The van der Waals surface area contributed by atoms with Gasteiger partial charge in [0.1, 0.15) is 11.4 Å². The van der Waals surface area contributed by atoms with Gasteiger partial charge in [0, 0.05) is 30.4 Å². The third-order valence-electron chi connectivity index (χ3n) is 8.56. The van der Waals surface area contributed by atoms with Gasteiger partial charge in [-0.3, -0.25) is 14.8 Å². The van der Waals surface area contributed by atoms with Crippen LogP contribution in [0.2, 0.25) is 0 Å². The van der Waals surface area contributed by atoms with E-state index in [0.717, 1.165) is 58.9 Å². The molecule has 3 aliphatic heterocycles. The van der Waals surface area contributed by atoms with Crippen molar-refractivity contribution in [3.8, 4) is 0 Å². The molecule has 1 saturated heterocycles. The van der Waals surface area contributed by atoms with E-state index in [1.807, 2.05) is 19.1 Å². The van der Waals surface area contributed by atoms with Gasteiger partial charge < -0.3 is 10.6 Å². The second-order valence-electron chi connectivity index (χ2n) is 10.9. The Morgan fingerprint density at radius 1 is 1.19 bits per heavy atom. The highest BCUT2D eigenvalue weighted by atomic mass is 32.2. The van der Waals surface area contributed by atoms with Gasteiger partial charge in [0.25, 0.3) is 5.91 Å². The Bertz CT molecular complexity index is 1180. The minimum atomic E-state index is -3.42. The number of carbonyl (C=O) groups is 1. The molecular formula is C27H39N5O3S2. The van der Waals surface area contributed by atoms with E-state index in [4.69, 9.17) is 4.99 Å². The number of hydrogen-bond donors (Lipinski definition) is 2. The molecule has 2 fully saturated rings. The normalized spacial score (nSPS) is 26.2. The molecule has 37 heavy (non-hydrogen) atoms. The molecule has 1 saturated carbocycles. The van der Waals surface area contributed by atoms with Gasteiger partial charge in [0.15, 0.2) is 5.17 Å². The van der Waals surface area contributed by atoms with Gasteiger partial charge in [-0.25, -0.2) is 12.7 Å². The van der Waals surface area contributed by atoms with Crippen molar-refractivity contribution in [3.05, 3.63) is 29.3 Å². The Labute approximate surface area is 225 Å². The molecule has 1 aromatic carbocycles. The molecule has 1 amide bonds. The Hall–Kier alpha value is -1.91. The molecule has 0 radical (unpaired) electrons. The van der Waals surface area contributed by atoms with E-state index in [0.29, 0.717) is 38.3 Å². The lowest BCUT2D eigenvalue weighted by molar-refractivity contribution is -0.125. The largest absolute Gasteiger partial charge is 0.335 e. The van der Waals surface area contributed by atoms with Crippen LogP contribution in [0.1, 0.15) is 63.0 Å². The predicted molar refractivity (Wildman–Crippen MR) is 152 cm³/mol. The average Bonchev–Trinajstić information content (AvgIpc) is 3.52. The summed E-state index contributed by atoms with van der Waals surface area (Å²) in [5.41, 5.74) is 2.29. The Morgan fingerprint density at radius 2 is 1.95 bits per heavy atom. The summed E-state index contributed by atoms with van der Waals surface area (Å²) in [6.07, 6.45) is 7.15. The number of hydrogen-bond acceptors (Lipinski definition) is 7. The number of sulfonamides is 1. The third kappa shape index (κ3) is 5.91. The molecule has 1 aromatic rings. The highest BCUT2D eigenvalue weighted by Gasteiger charge is 2.48. The van der Waals surface area contributed by atoms with Crippen molar-refractivity contribution in [3.63, 3.8) is 0 Å². The number of amides is 1. The van der Waals surface area contributed by atoms with Crippen LogP contribution in [0.15, 0.2) is 28.2 Å². The van der Waals surface area contributed by atoms with E-state index in [1.165, 1.54) is 19.3 Å². The van der Waals surface area contributed by atoms with Crippen LogP contribution >= 0.6 is 11.8 Å². The number of aryl methyl sites for hydroxylation is 2. The van der Waals surface area contributed by atoms with E-state index in [-0.39, 0.29) is 11.7 Å². The van der Waals surface area contributed by atoms with Crippen molar-refractivity contribution < 1.29 is 13.2 Å². The smallest absolute Gasteiger partial charge is 0.253 e. The summed E-state index contributed by atoms with van der Waals surface area (Å²) in [5, 5.41) is 7.35. The standard InChI is InChI=1S/C27H39N5O3S2/c1-3-20-4-6-22(7-5-20)24-30-25(33)27(31-24)11-14-32(15-12-27)37(34,35)17-10-21-8-9-23(18-19(21)2)29-26-28-13-16-36-26/h8-9,18,20,22H,3-7,10-17H2,1-2H3,(H,28,29)(H,30,31,33). The van der Waals surface area contributed by atoms with Crippen LogP contribution in [-0.4, -0.2) is 66.3 Å². The van der Waals surface area contributed by atoms with Gasteiger partial charge in [0.05, 0.1) is 12.3 Å². The van der Waals surface area contributed by atoms with Crippen molar-refractivity contribution in [2.24, 2.45) is 21.8 Å². The predicted octanol–water partition coefficient (Wildman–Crippen LogP) is 3.96. The number of aliphatic imine (C=N–C) groups is 2. The maximum absolute atomic E-state index is 13.2. The summed E-state index contributed by atoms with van der Waals surface area (Å²) in [5.74, 6) is 3.01. The maximum Gasteiger partial charge on any atom is 0.253 e. The first-order valence-electron chi connectivity index (χ1n) is 13.7. The van der Waals surface area contributed by atoms with Crippen LogP contribution in [0.3, 0.4) is 0 Å². The van der Waals surface area contributed by atoms with E-state index >= 15 is 0 Å². The molecule has 0 bridgehead atoms. The van der Waals surface area contributed by atoms with Crippen molar-refractivity contribution in [1.82, 2.24) is 9.62 Å². The SMILES string of the molecule is CCC1CCC(C2=NC3(CCN(S(=O)(=O)CCc4ccc(NC5=NCCS5)cc4C)CC3)C(=O)N2)CC1. The monoisotopic (exact) mass is 545 g/mol. The van der Waals surface area contributed by atoms with Crippen molar-refractivity contribution in [2.75, 3.05) is 36.5 Å². The van der Waals surface area contributed by atoms with E-state index in [9.17, 15) is 13.2 Å². The Kier molecular flexibility index (Phi) is 7.98. The topological polar surface area (TPSA) is 103 Å². The molecular weight excluding hydrogens is 506 g/mol. The van der Waals surface area contributed by atoms with Crippen LogP contribution in [0, 0.1) is 18.8 Å². The molecule has 0 unspecified atom stereocenters. The first-order chi connectivity index (χ1) is 17.8. The molecule has 8 nitrogen and oxygen atoms in total. The highest BCUT2D eigenvalue weighted by molar-refractivity contribution is 8.14. The summed E-state index contributed by atoms with van der Waals surface area (Å²) in [7, 11) is -3.42. The molecule has 2 N–H and O–H groups in total. The lowest BCUT2D eigenvalue weighted by atomic mass is 9.80. The molecule has 5 rings (SSSR count). The zero-order valence-electron chi connectivity index (χ0n) is 22.0. The number of carbonyl (C=O) groups excluding carboxylic acids is 1. The number of nitrogens with one attached hydrogen (secondary N) is 2. The molecule has 4 aliphatic rings. The second-order valence-corrected chi connectivity index (χ2v) is 14.0. The number of benzene rings is 1. The molecule has 0 aromatic heterocycles. The lowest BCUT2D eigenvalue weighted by Crippen LogP contribution is -2.51. The maximum atomic E-state index is 13.2.